The standard InChI is InChI=1S/C31H41N7O4/c1-21-13-22(14-25(31(39)7-12-41-20-31)27(21)37-18-30(19-37)5-10-40-11-6-30)26-16-33-28(32)29(35-26)42-24-15-34-38(17-24)23-3-8-36(2)9-4-23/h13-17,23,39H,3-12,18-20H2,1-2H3,(H2,32,33). The molecule has 42 heavy (non-hydrogen) atoms. The number of likely N-dealkylation sites (tertiary alicyclic amines) is 1. The first-order chi connectivity index (χ1) is 20.3. The molecule has 2 aromatic heterocycles. The first-order valence-electron chi connectivity index (χ1n) is 15.1. The SMILES string of the molecule is Cc1cc(-c2cnc(N)c(Oc3cnn(C4CCN(C)CC4)c3)n2)cc(C2(O)CCOC2)c1N1CC2(CCOCC2)C1. The summed E-state index contributed by atoms with van der Waals surface area (Å²) in [5, 5.41) is 16.3. The minimum Gasteiger partial charge on any atom is -0.433 e. The van der Waals surface area contributed by atoms with Crippen molar-refractivity contribution in [3.63, 3.8) is 0 Å². The third kappa shape index (κ3) is 5.12. The van der Waals surface area contributed by atoms with E-state index in [9.17, 15) is 5.11 Å². The Labute approximate surface area is 246 Å². The number of piperidine rings is 1. The predicted molar refractivity (Wildman–Crippen MR) is 159 cm³/mol. The summed E-state index contributed by atoms with van der Waals surface area (Å²) in [6, 6.07) is 4.52. The molecule has 6 heterocycles. The Morgan fingerprint density at radius 1 is 1.05 bits per heavy atom. The van der Waals surface area contributed by atoms with Crippen LogP contribution < -0.4 is 15.4 Å². The summed E-state index contributed by atoms with van der Waals surface area (Å²) in [7, 11) is 2.15. The van der Waals surface area contributed by atoms with Gasteiger partial charge in [-0.05, 0) is 70.4 Å². The molecule has 4 fully saturated rings. The summed E-state index contributed by atoms with van der Waals surface area (Å²) in [6.45, 7) is 8.63. The van der Waals surface area contributed by atoms with Gasteiger partial charge in [-0.2, -0.15) is 5.10 Å². The van der Waals surface area contributed by atoms with E-state index >= 15 is 0 Å². The number of anilines is 2. The normalized spacial score (nSPS) is 24.7. The molecule has 11 heteroatoms. The molecular formula is C31H41N7O4. The van der Waals surface area contributed by atoms with E-state index in [2.05, 4.69) is 39.9 Å². The summed E-state index contributed by atoms with van der Waals surface area (Å²) in [6.07, 6.45) is 10.1. The summed E-state index contributed by atoms with van der Waals surface area (Å²) in [4.78, 5) is 14.0. The van der Waals surface area contributed by atoms with Gasteiger partial charge in [0.2, 0.25) is 0 Å². The number of aromatic nitrogens is 4. The monoisotopic (exact) mass is 575 g/mol. The quantitative estimate of drug-likeness (QED) is 0.451. The average Bonchev–Trinajstić information content (AvgIpc) is 3.63. The number of benzene rings is 1. The van der Waals surface area contributed by atoms with Crippen molar-refractivity contribution in [1.82, 2.24) is 24.6 Å². The maximum atomic E-state index is 11.8. The third-order valence-corrected chi connectivity index (χ3v) is 9.64. The highest BCUT2D eigenvalue weighted by atomic mass is 16.5. The second-order valence-corrected chi connectivity index (χ2v) is 12.7. The average molecular weight is 576 g/mol. The van der Waals surface area contributed by atoms with E-state index in [0.717, 1.165) is 87.5 Å². The van der Waals surface area contributed by atoms with Crippen molar-refractivity contribution in [1.29, 1.82) is 0 Å². The molecule has 0 radical (unpaired) electrons. The molecule has 1 aromatic carbocycles. The maximum absolute atomic E-state index is 11.8. The second kappa shape index (κ2) is 10.8. The lowest BCUT2D eigenvalue weighted by molar-refractivity contribution is -0.00164. The third-order valence-electron chi connectivity index (χ3n) is 9.64. The minimum absolute atomic E-state index is 0.213. The van der Waals surface area contributed by atoms with E-state index in [-0.39, 0.29) is 18.3 Å². The Morgan fingerprint density at radius 3 is 2.55 bits per heavy atom. The minimum atomic E-state index is -1.06. The van der Waals surface area contributed by atoms with Crippen molar-refractivity contribution in [2.45, 2.75) is 50.7 Å². The molecule has 1 atom stereocenters. The first-order valence-corrected chi connectivity index (χ1v) is 15.1. The molecule has 7 rings (SSSR count). The van der Waals surface area contributed by atoms with Crippen molar-refractivity contribution in [2.24, 2.45) is 5.41 Å². The summed E-state index contributed by atoms with van der Waals surface area (Å²) in [5.74, 6) is 1.03. The van der Waals surface area contributed by atoms with Gasteiger partial charge in [0.15, 0.2) is 11.6 Å². The van der Waals surface area contributed by atoms with Crippen molar-refractivity contribution in [2.75, 3.05) is 70.3 Å². The number of aryl methyl sites for hydroxylation is 1. The molecule has 0 saturated carbocycles. The van der Waals surface area contributed by atoms with Gasteiger partial charge in [-0.25, -0.2) is 9.97 Å². The van der Waals surface area contributed by atoms with Crippen LogP contribution in [-0.2, 0) is 15.1 Å². The van der Waals surface area contributed by atoms with Gasteiger partial charge < -0.3 is 34.9 Å². The van der Waals surface area contributed by atoms with E-state index < -0.39 is 5.60 Å². The van der Waals surface area contributed by atoms with Gasteiger partial charge in [0.05, 0.1) is 36.9 Å². The molecule has 224 valence electrons. The van der Waals surface area contributed by atoms with Crippen LogP contribution in [0.1, 0.15) is 49.3 Å². The molecule has 0 bridgehead atoms. The molecule has 4 aliphatic rings. The van der Waals surface area contributed by atoms with Crippen LogP contribution in [0.3, 0.4) is 0 Å². The Bertz CT molecular complexity index is 1430. The molecular weight excluding hydrogens is 534 g/mol. The van der Waals surface area contributed by atoms with Gasteiger partial charge in [0.25, 0.3) is 5.88 Å². The zero-order valence-corrected chi connectivity index (χ0v) is 24.6. The highest BCUT2D eigenvalue weighted by Crippen LogP contribution is 2.48. The Morgan fingerprint density at radius 2 is 1.81 bits per heavy atom. The molecule has 1 unspecified atom stereocenters. The number of nitrogen functional groups attached to an aromatic ring is 1. The van der Waals surface area contributed by atoms with Gasteiger partial charge in [-0.15, -0.1) is 0 Å². The zero-order chi connectivity index (χ0) is 28.9. The van der Waals surface area contributed by atoms with Gasteiger partial charge in [0.1, 0.15) is 5.60 Å². The highest BCUT2D eigenvalue weighted by Gasteiger charge is 2.47. The van der Waals surface area contributed by atoms with E-state index in [1.165, 1.54) is 0 Å². The molecule has 3 N–H and O–H groups in total. The fourth-order valence-electron chi connectivity index (χ4n) is 7.05. The fraction of sp³-hybridized carbons (Fsp3) is 0.581. The molecule has 0 aliphatic carbocycles. The number of aliphatic hydroxyl groups is 1. The number of rotatable bonds is 6. The largest absolute Gasteiger partial charge is 0.433 e. The Balaban J connectivity index is 1.17. The van der Waals surface area contributed by atoms with E-state index in [0.29, 0.717) is 35.9 Å². The molecule has 4 saturated heterocycles. The topological polar surface area (TPSA) is 124 Å². The number of ether oxygens (including phenoxy) is 3. The summed E-state index contributed by atoms with van der Waals surface area (Å²) < 4.78 is 19.4. The van der Waals surface area contributed by atoms with E-state index in [4.69, 9.17) is 24.9 Å². The van der Waals surface area contributed by atoms with Gasteiger partial charge in [0, 0.05) is 61.6 Å². The van der Waals surface area contributed by atoms with Crippen LogP contribution in [-0.4, -0.2) is 89.4 Å². The molecule has 11 nitrogen and oxygen atoms in total. The van der Waals surface area contributed by atoms with Crippen LogP contribution >= 0.6 is 0 Å². The lowest BCUT2D eigenvalue weighted by atomic mass is 9.72. The van der Waals surface area contributed by atoms with E-state index in [1.54, 1.807) is 12.4 Å². The Kier molecular flexibility index (Phi) is 7.08. The van der Waals surface area contributed by atoms with Crippen molar-refractivity contribution < 1.29 is 19.3 Å². The number of nitrogens with zero attached hydrogens (tertiary/aromatic N) is 6. The van der Waals surface area contributed by atoms with Crippen LogP contribution in [0.5, 0.6) is 11.6 Å². The maximum Gasteiger partial charge on any atom is 0.263 e. The van der Waals surface area contributed by atoms with Gasteiger partial charge in [-0.1, -0.05) is 0 Å². The number of hydrogen-bond acceptors (Lipinski definition) is 10. The molecule has 3 aromatic rings. The molecule has 4 aliphatic heterocycles. The van der Waals surface area contributed by atoms with E-state index in [1.807, 2.05) is 16.9 Å². The van der Waals surface area contributed by atoms with Crippen LogP contribution in [0.25, 0.3) is 11.3 Å². The smallest absolute Gasteiger partial charge is 0.263 e. The van der Waals surface area contributed by atoms with Crippen molar-refractivity contribution >= 4 is 11.5 Å². The second-order valence-electron chi connectivity index (χ2n) is 12.7. The summed E-state index contributed by atoms with van der Waals surface area (Å²) >= 11 is 0. The molecule has 0 amide bonds. The summed E-state index contributed by atoms with van der Waals surface area (Å²) in [5.41, 5.74) is 10.0. The highest BCUT2D eigenvalue weighted by molar-refractivity contribution is 5.73. The first kappa shape index (κ1) is 27.6. The van der Waals surface area contributed by atoms with Crippen LogP contribution in [0, 0.1) is 12.3 Å². The lowest BCUT2D eigenvalue weighted by Crippen LogP contribution is -2.59. The van der Waals surface area contributed by atoms with Crippen LogP contribution in [0.2, 0.25) is 0 Å². The van der Waals surface area contributed by atoms with Crippen molar-refractivity contribution in [3.8, 4) is 22.9 Å². The predicted octanol–water partition coefficient (Wildman–Crippen LogP) is 3.51. The van der Waals surface area contributed by atoms with Gasteiger partial charge >= 0.3 is 0 Å². The number of nitrogens with two attached hydrogens (primary N) is 1. The van der Waals surface area contributed by atoms with Crippen LogP contribution in [0.4, 0.5) is 11.5 Å². The lowest BCUT2D eigenvalue weighted by Gasteiger charge is -2.54. The van der Waals surface area contributed by atoms with Crippen LogP contribution in [0.15, 0.2) is 30.7 Å². The number of hydrogen-bond donors (Lipinski definition) is 2. The zero-order valence-electron chi connectivity index (χ0n) is 24.6. The fourth-order valence-corrected chi connectivity index (χ4v) is 7.05. The Hall–Kier alpha value is -3.25. The van der Waals surface area contributed by atoms with Gasteiger partial charge in [-0.3, -0.25) is 4.68 Å². The van der Waals surface area contributed by atoms with Crippen molar-refractivity contribution in [3.05, 3.63) is 41.9 Å². The molecule has 1 spiro atoms.